The van der Waals surface area contributed by atoms with Gasteiger partial charge in [0.15, 0.2) is 0 Å². The lowest BCUT2D eigenvalue weighted by Crippen LogP contribution is -2.27. The number of amides is 2. The normalized spacial score (nSPS) is 16.0. The highest BCUT2D eigenvalue weighted by Gasteiger charge is 2.35. The summed E-state index contributed by atoms with van der Waals surface area (Å²) in [4.78, 5) is 25.9. The first kappa shape index (κ1) is 17.5. The Labute approximate surface area is 153 Å². The van der Waals surface area contributed by atoms with E-state index in [4.69, 9.17) is 16.3 Å². The average Bonchev–Trinajstić information content (AvgIpc) is 2.84. The summed E-state index contributed by atoms with van der Waals surface area (Å²) in [6.45, 7) is -0.0992. The Morgan fingerprint density at radius 3 is 2.68 bits per heavy atom. The first-order chi connectivity index (χ1) is 12.0. The summed E-state index contributed by atoms with van der Waals surface area (Å²) in [7, 11) is 1.51. The van der Waals surface area contributed by atoms with E-state index >= 15 is 0 Å². The zero-order chi connectivity index (χ0) is 18.0. The maximum atomic E-state index is 13.8. The van der Waals surface area contributed by atoms with Gasteiger partial charge in [-0.3, -0.25) is 14.5 Å². The maximum absolute atomic E-state index is 13.8. The van der Waals surface area contributed by atoms with Gasteiger partial charge in [0, 0.05) is 5.56 Å². The van der Waals surface area contributed by atoms with E-state index in [1.807, 2.05) is 0 Å². The van der Waals surface area contributed by atoms with Crippen LogP contribution in [0.2, 0.25) is 5.02 Å². The number of ether oxygens (including phenoxy) is 1. The van der Waals surface area contributed by atoms with E-state index in [1.54, 1.807) is 42.5 Å². The standard InChI is InChI=1S/C18H13ClFNO3S/c1-24-15-7-6-11(8-13(15)19)9-16-17(22)21(18(23)25-16)10-12-4-2-3-5-14(12)20/h2-9H,10H2,1H3/b16-9-. The monoisotopic (exact) mass is 377 g/mol. The molecule has 128 valence electrons. The number of imide groups is 1. The molecule has 0 radical (unpaired) electrons. The predicted molar refractivity (Wildman–Crippen MR) is 95.9 cm³/mol. The van der Waals surface area contributed by atoms with Crippen molar-refractivity contribution in [1.29, 1.82) is 0 Å². The Hall–Kier alpha value is -2.31. The molecule has 0 saturated carbocycles. The third-order valence-corrected chi connectivity index (χ3v) is 4.84. The lowest BCUT2D eigenvalue weighted by Gasteiger charge is -2.12. The molecule has 1 aliphatic rings. The molecule has 0 N–H and O–H groups in total. The Morgan fingerprint density at radius 1 is 1.24 bits per heavy atom. The van der Waals surface area contributed by atoms with Crippen LogP contribution < -0.4 is 4.74 Å². The smallest absolute Gasteiger partial charge is 0.293 e. The average molecular weight is 378 g/mol. The molecule has 2 amide bonds. The van der Waals surface area contributed by atoms with Crippen molar-refractivity contribution in [2.75, 3.05) is 7.11 Å². The van der Waals surface area contributed by atoms with Crippen molar-refractivity contribution in [2.24, 2.45) is 0 Å². The quantitative estimate of drug-likeness (QED) is 0.723. The van der Waals surface area contributed by atoms with Gasteiger partial charge in [-0.05, 0) is 41.6 Å². The molecule has 7 heteroatoms. The lowest BCUT2D eigenvalue weighted by atomic mass is 10.2. The molecular formula is C18H13ClFNO3S. The minimum atomic E-state index is -0.454. The molecule has 0 unspecified atom stereocenters. The van der Waals surface area contributed by atoms with Crippen LogP contribution in [0.1, 0.15) is 11.1 Å². The Morgan fingerprint density at radius 2 is 2.00 bits per heavy atom. The van der Waals surface area contributed by atoms with Crippen LogP contribution in [0.5, 0.6) is 5.75 Å². The van der Waals surface area contributed by atoms with E-state index in [1.165, 1.54) is 13.2 Å². The van der Waals surface area contributed by atoms with Crippen LogP contribution in [0.15, 0.2) is 47.4 Å². The first-order valence-corrected chi connectivity index (χ1v) is 8.51. The van der Waals surface area contributed by atoms with Gasteiger partial charge >= 0.3 is 0 Å². The molecule has 25 heavy (non-hydrogen) atoms. The van der Waals surface area contributed by atoms with Gasteiger partial charge in [0.1, 0.15) is 11.6 Å². The molecule has 2 aromatic carbocycles. The summed E-state index contributed by atoms with van der Waals surface area (Å²) in [6, 6.07) is 11.1. The van der Waals surface area contributed by atoms with Gasteiger partial charge in [-0.25, -0.2) is 4.39 Å². The third-order valence-electron chi connectivity index (χ3n) is 3.63. The molecule has 0 spiro atoms. The molecule has 4 nitrogen and oxygen atoms in total. The van der Waals surface area contributed by atoms with Crippen LogP contribution in [-0.4, -0.2) is 23.2 Å². The molecule has 0 aliphatic carbocycles. The summed E-state index contributed by atoms with van der Waals surface area (Å²) in [5.41, 5.74) is 0.959. The molecule has 1 aliphatic heterocycles. The number of hydrogen-bond acceptors (Lipinski definition) is 4. The fourth-order valence-electron chi connectivity index (χ4n) is 2.36. The van der Waals surface area contributed by atoms with E-state index in [2.05, 4.69) is 0 Å². The SMILES string of the molecule is COc1ccc(/C=C2\SC(=O)N(Cc3ccccc3F)C2=O)cc1Cl. The zero-order valence-corrected chi connectivity index (χ0v) is 14.7. The van der Waals surface area contributed by atoms with Crippen LogP contribution in [0.25, 0.3) is 6.08 Å². The number of hydrogen-bond donors (Lipinski definition) is 0. The van der Waals surface area contributed by atoms with Crippen molar-refractivity contribution >= 4 is 40.6 Å². The Kier molecular flexibility index (Phi) is 5.11. The van der Waals surface area contributed by atoms with E-state index < -0.39 is 17.0 Å². The van der Waals surface area contributed by atoms with Crippen LogP contribution >= 0.6 is 23.4 Å². The number of halogens is 2. The maximum Gasteiger partial charge on any atom is 0.293 e. The van der Waals surface area contributed by atoms with E-state index in [0.29, 0.717) is 21.9 Å². The first-order valence-electron chi connectivity index (χ1n) is 7.32. The number of nitrogens with zero attached hydrogens (tertiary/aromatic N) is 1. The van der Waals surface area contributed by atoms with Gasteiger partial charge in [-0.2, -0.15) is 0 Å². The van der Waals surface area contributed by atoms with Crippen molar-refractivity contribution < 1.29 is 18.7 Å². The Bertz CT molecular complexity index is 884. The third kappa shape index (κ3) is 3.70. The molecule has 1 fully saturated rings. The van der Waals surface area contributed by atoms with Gasteiger partial charge in [-0.1, -0.05) is 35.9 Å². The summed E-state index contributed by atoms with van der Waals surface area (Å²) in [5, 5.41) is -0.0269. The van der Waals surface area contributed by atoms with Crippen LogP contribution in [0.3, 0.4) is 0 Å². The summed E-state index contributed by atoms with van der Waals surface area (Å²) in [6.07, 6.45) is 1.58. The second-order valence-corrected chi connectivity index (χ2v) is 6.65. The highest BCUT2D eigenvalue weighted by molar-refractivity contribution is 8.18. The molecule has 1 saturated heterocycles. The second kappa shape index (κ2) is 7.29. The van der Waals surface area contributed by atoms with Crippen molar-refractivity contribution in [3.05, 3.63) is 69.3 Å². The fourth-order valence-corrected chi connectivity index (χ4v) is 3.46. The van der Waals surface area contributed by atoms with E-state index in [9.17, 15) is 14.0 Å². The van der Waals surface area contributed by atoms with Crippen molar-refractivity contribution in [2.45, 2.75) is 6.54 Å². The van der Waals surface area contributed by atoms with Crippen molar-refractivity contribution in [3.8, 4) is 5.75 Å². The number of methoxy groups -OCH3 is 1. The van der Waals surface area contributed by atoms with Gasteiger partial charge in [0.05, 0.1) is 23.6 Å². The number of benzene rings is 2. The number of rotatable bonds is 4. The molecule has 0 bridgehead atoms. The van der Waals surface area contributed by atoms with Crippen LogP contribution in [-0.2, 0) is 11.3 Å². The molecule has 3 rings (SSSR count). The van der Waals surface area contributed by atoms with Crippen LogP contribution in [0, 0.1) is 5.82 Å². The van der Waals surface area contributed by atoms with E-state index in [-0.39, 0.29) is 11.4 Å². The minimum Gasteiger partial charge on any atom is -0.495 e. The predicted octanol–water partition coefficient (Wildman–Crippen LogP) is 4.72. The molecule has 0 atom stereocenters. The Balaban J connectivity index is 1.83. The number of carbonyl (C=O) groups excluding carboxylic acids is 2. The van der Waals surface area contributed by atoms with E-state index in [0.717, 1.165) is 16.7 Å². The fraction of sp³-hybridized carbons (Fsp3) is 0.111. The second-order valence-electron chi connectivity index (χ2n) is 5.25. The number of thioether (sulfide) groups is 1. The van der Waals surface area contributed by atoms with Gasteiger partial charge < -0.3 is 4.74 Å². The van der Waals surface area contributed by atoms with Crippen molar-refractivity contribution in [1.82, 2.24) is 4.90 Å². The lowest BCUT2D eigenvalue weighted by molar-refractivity contribution is -0.123. The van der Waals surface area contributed by atoms with Gasteiger partial charge in [-0.15, -0.1) is 0 Å². The highest BCUT2D eigenvalue weighted by Crippen LogP contribution is 2.34. The van der Waals surface area contributed by atoms with Gasteiger partial charge in [0.2, 0.25) is 0 Å². The molecule has 2 aromatic rings. The summed E-state index contributed by atoms with van der Waals surface area (Å²) < 4.78 is 18.8. The minimum absolute atomic E-state index is 0.0992. The van der Waals surface area contributed by atoms with Crippen LogP contribution in [0.4, 0.5) is 9.18 Å². The van der Waals surface area contributed by atoms with Gasteiger partial charge in [0.25, 0.3) is 11.1 Å². The summed E-state index contributed by atoms with van der Waals surface area (Å²) >= 11 is 6.89. The topological polar surface area (TPSA) is 46.6 Å². The molecule has 0 aromatic heterocycles. The summed E-state index contributed by atoms with van der Waals surface area (Å²) in [5.74, 6) is -0.385. The van der Waals surface area contributed by atoms with Crippen molar-refractivity contribution in [3.63, 3.8) is 0 Å². The highest BCUT2D eigenvalue weighted by atomic mass is 35.5. The molecular weight excluding hydrogens is 365 g/mol. The number of carbonyl (C=O) groups is 2. The molecule has 1 heterocycles. The zero-order valence-electron chi connectivity index (χ0n) is 13.2. The largest absolute Gasteiger partial charge is 0.495 e.